The fourth-order valence-corrected chi connectivity index (χ4v) is 2.20. The topological polar surface area (TPSA) is 66.4 Å². The van der Waals surface area contributed by atoms with E-state index in [-0.39, 0.29) is 27.2 Å². The van der Waals surface area contributed by atoms with Crippen LogP contribution in [0.15, 0.2) is 36.4 Å². The summed E-state index contributed by atoms with van der Waals surface area (Å²) in [7, 11) is 0. The molecule has 0 radical (unpaired) electrons. The molecule has 0 fully saturated rings. The molecule has 2 aromatic carbocycles. The van der Waals surface area contributed by atoms with Crippen molar-refractivity contribution in [3.63, 3.8) is 0 Å². The standard InChI is InChI=1S/C15H11Cl2NO3/c1-8-4-2-3-5-10(8)14(19)18-12-7-9(15(20)21)6-11(16)13(12)17/h2-7H,1H3,(H,18,19)(H,20,21). The minimum Gasteiger partial charge on any atom is -0.478 e. The molecule has 4 nitrogen and oxygen atoms in total. The number of carbonyl (C=O) groups is 2. The highest BCUT2D eigenvalue weighted by molar-refractivity contribution is 6.44. The van der Waals surface area contributed by atoms with E-state index in [1.54, 1.807) is 25.1 Å². The number of hydrogen-bond donors (Lipinski definition) is 2. The van der Waals surface area contributed by atoms with Crippen LogP contribution in [0.25, 0.3) is 0 Å². The first-order chi connectivity index (χ1) is 9.90. The van der Waals surface area contributed by atoms with Crippen LogP contribution in [0.2, 0.25) is 10.0 Å². The van der Waals surface area contributed by atoms with Crippen LogP contribution in [0.1, 0.15) is 26.3 Å². The van der Waals surface area contributed by atoms with Crippen LogP contribution < -0.4 is 5.32 Å². The number of carbonyl (C=O) groups excluding carboxylic acids is 1. The molecule has 0 saturated heterocycles. The normalized spacial score (nSPS) is 10.2. The van der Waals surface area contributed by atoms with Crippen molar-refractivity contribution in [2.75, 3.05) is 5.32 Å². The second-order valence-corrected chi connectivity index (χ2v) is 5.18. The van der Waals surface area contributed by atoms with Gasteiger partial charge in [-0.15, -0.1) is 0 Å². The van der Waals surface area contributed by atoms with Gasteiger partial charge in [-0.05, 0) is 30.7 Å². The lowest BCUT2D eigenvalue weighted by Gasteiger charge is -2.11. The maximum atomic E-state index is 12.2. The first-order valence-corrected chi connectivity index (χ1v) is 6.75. The van der Waals surface area contributed by atoms with E-state index < -0.39 is 5.97 Å². The van der Waals surface area contributed by atoms with Crippen LogP contribution in [-0.2, 0) is 0 Å². The van der Waals surface area contributed by atoms with Crippen LogP contribution in [0, 0.1) is 6.92 Å². The number of aryl methyl sites for hydroxylation is 1. The molecular weight excluding hydrogens is 313 g/mol. The lowest BCUT2D eigenvalue weighted by atomic mass is 10.1. The third kappa shape index (κ3) is 3.35. The van der Waals surface area contributed by atoms with Crippen molar-refractivity contribution in [3.05, 3.63) is 63.1 Å². The Bertz CT molecular complexity index is 729. The summed E-state index contributed by atoms with van der Waals surface area (Å²) in [5.74, 6) is -1.53. The number of benzene rings is 2. The van der Waals surface area contributed by atoms with E-state index in [1.807, 2.05) is 6.07 Å². The molecule has 0 aromatic heterocycles. The van der Waals surface area contributed by atoms with E-state index in [4.69, 9.17) is 28.3 Å². The number of aromatic carboxylic acids is 1. The van der Waals surface area contributed by atoms with Gasteiger partial charge in [0.05, 0.1) is 21.3 Å². The number of anilines is 1. The summed E-state index contributed by atoms with van der Waals surface area (Å²) in [5, 5.41) is 11.8. The van der Waals surface area contributed by atoms with Gasteiger partial charge in [0.2, 0.25) is 0 Å². The summed E-state index contributed by atoms with van der Waals surface area (Å²) >= 11 is 11.9. The minimum atomic E-state index is -1.15. The Kier molecular flexibility index (Phi) is 4.50. The zero-order valence-electron chi connectivity index (χ0n) is 11.0. The van der Waals surface area contributed by atoms with E-state index in [0.29, 0.717) is 5.56 Å². The first-order valence-electron chi connectivity index (χ1n) is 5.99. The monoisotopic (exact) mass is 323 g/mol. The summed E-state index contributed by atoms with van der Waals surface area (Å²) in [6.07, 6.45) is 0. The number of halogens is 2. The van der Waals surface area contributed by atoms with Crippen molar-refractivity contribution < 1.29 is 14.7 Å². The molecule has 0 atom stereocenters. The average molecular weight is 324 g/mol. The van der Waals surface area contributed by atoms with Crippen molar-refractivity contribution in [1.29, 1.82) is 0 Å². The Morgan fingerprint density at radius 2 is 1.81 bits per heavy atom. The Hall–Kier alpha value is -2.04. The number of hydrogen-bond acceptors (Lipinski definition) is 2. The van der Waals surface area contributed by atoms with Crippen molar-refractivity contribution >= 4 is 40.8 Å². The molecule has 0 aliphatic rings. The largest absolute Gasteiger partial charge is 0.478 e. The molecule has 0 saturated carbocycles. The van der Waals surface area contributed by atoms with Crippen LogP contribution in [0.3, 0.4) is 0 Å². The summed E-state index contributed by atoms with van der Waals surface area (Å²) < 4.78 is 0. The highest BCUT2D eigenvalue weighted by Gasteiger charge is 2.15. The smallest absolute Gasteiger partial charge is 0.335 e. The fraction of sp³-hybridized carbons (Fsp3) is 0.0667. The maximum absolute atomic E-state index is 12.2. The van der Waals surface area contributed by atoms with Gasteiger partial charge >= 0.3 is 5.97 Å². The molecule has 0 heterocycles. The molecule has 108 valence electrons. The Balaban J connectivity index is 2.38. The second kappa shape index (κ2) is 6.16. The van der Waals surface area contributed by atoms with Gasteiger partial charge in [-0.2, -0.15) is 0 Å². The van der Waals surface area contributed by atoms with Crippen LogP contribution in [0.5, 0.6) is 0 Å². The molecule has 0 aliphatic carbocycles. The summed E-state index contributed by atoms with van der Waals surface area (Å²) in [5.41, 5.74) is 1.39. The number of carboxylic acid groups (broad SMARTS) is 1. The predicted octanol–water partition coefficient (Wildman–Crippen LogP) is 4.25. The Labute approximate surface area is 131 Å². The molecule has 0 bridgehead atoms. The van der Waals surface area contributed by atoms with Gasteiger partial charge in [-0.3, -0.25) is 4.79 Å². The Morgan fingerprint density at radius 1 is 1.14 bits per heavy atom. The molecule has 2 aromatic rings. The Morgan fingerprint density at radius 3 is 2.43 bits per heavy atom. The number of nitrogens with one attached hydrogen (secondary N) is 1. The predicted molar refractivity (Wildman–Crippen MR) is 82.6 cm³/mol. The highest BCUT2D eigenvalue weighted by atomic mass is 35.5. The highest BCUT2D eigenvalue weighted by Crippen LogP contribution is 2.32. The van der Waals surface area contributed by atoms with Crippen molar-refractivity contribution in [2.45, 2.75) is 6.92 Å². The zero-order valence-corrected chi connectivity index (χ0v) is 12.5. The SMILES string of the molecule is Cc1ccccc1C(=O)Nc1cc(C(=O)O)cc(Cl)c1Cl. The average Bonchev–Trinajstić information content (AvgIpc) is 2.43. The van der Waals surface area contributed by atoms with Gasteiger partial charge in [0, 0.05) is 5.56 Å². The van der Waals surface area contributed by atoms with Gasteiger partial charge in [-0.25, -0.2) is 4.79 Å². The fourth-order valence-electron chi connectivity index (χ4n) is 1.82. The van der Waals surface area contributed by atoms with E-state index in [0.717, 1.165) is 5.56 Å². The molecule has 1 amide bonds. The molecule has 0 unspecified atom stereocenters. The van der Waals surface area contributed by atoms with Crippen LogP contribution >= 0.6 is 23.2 Å². The van der Waals surface area contributed by atoms with Gasteiger partial charge in [0.25, 0.3) is 5.91 Å². The number of amides is 1. The molecule has 2 rings (SSSR count). The number of carboxylic acids is 1. The molecular formula is C15H11Cl2NO3. The lowest BCUT2D eigenvalue weighted by molar-refractivity contribution is 0.0696. The van der Waals surface area contributed by atoms with E-state index in [1.165, 1.54) is 12.1 Å². The van der Waals surface area contributed by atoms with Gasteiger partial charge in [-0.1, -0.05) is 41.4 Å². The summed E-state index contributed by atoms with van der Waals surface area (Å²) in [4.78, 5) is 23.2. The molecule has 0 spiro atoms. The van der Waals surface area contributed by atoms with Gasteiger partial charge in [0.15, 0.2) is 0 Å². The van der Waals surface area contributed by atoms with Crippen molar-refractivity contribution in [1.82, 2.24) is 0 Å². The van der Waals surface area contributed by atoms with E-state index in [9.17, 15) is 9.59 Å². The zero-order chi connectivity index (χ0) is 15.6. The van der Waals surface area contributed by atoms with Crippen molar-refractivity contribution in [2.24, 2.45) is 0 Å². The summed E-state index contributed by atoms with van der Waals surface area (Å²) in [6.45, 7) is 1.80. The van der Waals surface area contributed by atoms with E-state index >= 15 is 0 Å². The third-order valence-electron chi connectivity index (χ3n) is 2.91. The first kappa shape index (κ1) is 15.4. The molecule has 21 heavy (non-hydrogen) atoms. The van der Waals surface area contributed by atoms with Crippen LogP contribution in [0.4, 0.5) is 5.69 Å². The van der Waals surface area contributed by atoms with Gasteiger partial charge in [0.1, 0.15) is 0 Å². The van der Waals surface area contributed by atoms with Gasteiger partial charge < -0.3 is 10.4 Å². The summed E-state index contributed by atoms with van der Waals surface area (Å²) in [6, 6.07) is 9.53. The lowest BCUT2D eigenvalue weighted by Crippen LogP contribution is -2.14. The van der Waals surface area contributed by atoms with Crippen molar-refractivity contribution in [3.8, 4) is 0 Å². The minimum absolute atomic E-state index is 0.0514. The quantitative estimate of drug-likeness (QED) is 0.887. The maximum Gasteiger partial charge on any atom is 0.335 e. The second-order valence-electron chi connectivity index (χ2n) is 4.39. The molecule has 2 N–H and O–H groups in total. The third-order valence-corrected chi connectivity index (χ3v) is 3.72. The van der Waals surface area contributed by atoms with Crippen LogP contribution in [-0.4, -0.2) is 17.0 Å². The number of rotatable bonds is 3. The van der Waals surface area contributed by atoms with E-state index in [2.05, 4.69) is 5.32 Å². The molecule has 0 aliphatic heterocycles. The molecule has 6 heteroatoms.